The van der Waals surface area contributed by atoms with Gasteiger partial charge in [0.15, 0.2) is 0 Å². The largest absolute Gasteiger partial charge is 0.352 e. The number of para-hydroxylation sites is 2. The van der Waals surface area contributed by atoms with Crippen LogP contribution in [0.3, 0.4) is 0 Å². The van der Waals surface area contributed by atoms with E-state index in [1.807, 2.05) is 59.4 Å². The number of rotatable bonds is 6. The summed E-state index contributed by atoms with van der Waals surface area (Å²) in [6, 6.07) is 16.4. The number of hydrogen-bond acceptors (Lipinski definition) is 3. The molecule has 0 aliphatic carbocycles. The number of nitrogens with one attached hydrogen (secondary N) is 1. The molecular weight excluding hydrogens is 348 g/mol. The van der Waals surface area contributed by atoms with Crippen molar-refractivity contribution in [3.05, 3.63) is 60.4 Å². The van der Waals surface area contributed by atoms with Crippen molar-refractivity contribution in [2.45, 2.75) is 38.6 Å². The maximum atomic E-state index is 12.4. The van der Waals surface area contributed by atoms with Gasteiger partial charge in [-0.3, -0.25) is 9.36 Å². The predicted molar refractivity (Wildman–Crippen MR) is 113 cm³/mol. The van der Waals surface area contributed by atoms with Crippen molar-refractivity contribution in [2.24, 2.45) is 0 Å². The summed E-state index contributed by atoms with van der Waals surface area (Å²) in [5.74, 6) is -0.00580. The van der Waals surface area contributed by atoms with Crippen LogP contribution in [0.15, 0.2) is 54.9 Å². The van der Waals surface area contributed by atoms with Crippen LogP contribution < -0.4 is 5.32 Å². The lowest BCUT2D eigenvalue weighted by molar-refractivity contribution is 0.0949. The van der Waals surface area contributed by atoms with Crippen molar-refractivity contribution in [1.82, 2.24) is 19.8 Å². The molecule has 146 valence electrons. The van der Waals surface area contributed by atoms with Crippen LogP contribution in [-0.4, -0.2) is 46.0 Å². The van der Waals surface area contributed by atoms with E-state index in [2.05, 4.69) is 22.1 Å². The molecule has 1 N–H and O–H groups in total. The smallest absolute Gasteiger partial charge is 0.251 e. The molecule has 0 spiro atoms. The highest BCUT2D eigenvalue weighted by Crippen LogP contribution is 2.18. The number of fused-ring (bicyclic) bond motifs is 1. The molecular formula is C23H28N4O. The van der Waals surface area contributed by atoms with Crippen LogP contribution >= 0.6 is 0 Å². The summed E-state index contributed by atoms with van der Waals surface area (Å²) >= 11 is 0. The monoisotopic (exact) mass is 376 g/mol. The van der Waals surface area contributed by atoms with E-state index in [1.165, 1.54) is 25.8 Å². The zero-order chi connectivity index (χ0) is 19.3. The Hall–Kier alpha value is -2.66. The van der Waals surface area contributed by atoms with Gasteiger partial charge >= 0.3 is 0 Å². The first kappa shape index (κ1) is 18.7. The number of hydrogen-bond donors (Lipinski definition) is 1. The van der Waals surface area contributed by atoms with E-state index in [1.54, 1.807) is 0 Å². The van der Waals surface area contributed by atoms with Gasteiger partial charge in [-0.25, -0.2) is 4.98 Å². The van der Waals surface area contributed by atoms with Gasteiger partial charge in [-0.15, -0.1) is 0 Å². The van der Waals surface area contributed by atoms with Crippen LogP contribution in [0.1, 0.15) is 43.0 Å². The Morgan fingerprint density at radius 2 is 1.96 bits per heavy atom. The summed E-state index contributed by atoms with van der Waals surface area (Å²) in [6.45, 7) is 5.28. The Morgan fingerprint density at radius 3 is 2.79 bits per heavy atom. The minimum Gasteiger partial charge on any atom is -0.352 e. The number of carbonyl (C=O) groups excluding carboxylic acids is 1. The second-order valence-electron chi connectivity index (χ2n) is 7.64. The van der Waals surface area contributed by atoms with Crippen LogP contribution in [0.4, 0.5) is 0 Å². The molecule has 5 nitrogen and oxygen atoms in total. The molecule has 2 aromatic carbocycles. The molecule has 5 heteroatoms. The van der Waals surface area contributed by atoms with Gasteiger partial charge in [-0.2, -0.15) is 0 Å². The van der Waals surface area contributed by atoms with Gasteiger partial charge in [0.2, 0.25) is 0 Å². The second-order valence-corrected chi connectivity index (χ2v) is 7.64. The van der Waals surface area contributed by atoms with Gasteiger partial charge < -0.3 is 10.2 Å². The minimum atomic E-state index is -0.00580. The lowest BCUT2D eigenvalue weighted by atomic mass is 10.0. The molecule has 1 saturated heterocycles. The SMILES string of the molecule is CC1CCCCN1CCCNC(=O)c1ccc(-n2cnc3ccccc32)cc1. The number of carbonyl (C=O) groups is 1. The standard InChI is InChI=1S/C23H28N4O/c1-18-7-4-5-15-26(18)16-6-14-24-23(28)19-10-12-20(13-11-19)27-17-25-21-8-2-3-9-22(21)27/h2-3,8-13,17-18H,4-7,14-16H2,1H3,(H,24,28). The molecule has 0 bridgehead atoms. The fraction of sp³-hybridized carbons (Fsp3) is 0.391. The molecule has 1 atom stereocenters. The summed E-state index contributed by atoms with van der Waals surface area (Å²) in [5.41, 5.74) is 3.72. The number of piperidine rings is 1. The van der Waals surface area contributed by atoms with Gasteiger partial charge in [0.1, 0.15) is 6.33 Å². The zero-order valence-corrected chi connectivity index (χ0v) is 16.5. The van der Waals surface area contributed by atoms with Crippen molar-refractivity contribution >= 4 is 16.9 Å². The summed E-state index contributed by atoms with van der Waals surface area (Å²) in [4.78, 5) is 19.4. The molecule has 4 rings (SSSR count). The third-order valence-electron chi connectivity index (χ3n) is 5.71. The fourth-order valence-corrected chi connectivity index (χ4v) is 4.01. The first-order valence-electron chi connectivity index (χ1n) is 10.3. The minimum absolute atomic E-state index is 0.00580. The third-order valence-corrected chi connectivity index (χ3v) is 5.71. The van der Waals surface area contributed by atoms with Gasteiger partial charge in [-0.05, 0) is 69.1 Å². The summed E-state index contributed by atoms with van der Waals surface area (Å²) in [6.07, 6.45) is 6.76. The van der Waals surface area contributed by atoms with Crippen LogP contribution in [0.5, 0.6) is 0 Å². The predicted octanol–water partition coefficient (Wildman–Crippen LogP) is 4.02. The summed E-state index contributed by atoms with van der Waals surface area (Å²) in [7, 11) is 0. The highest BCUT2D eigenvalue weighted by molar-refractivity contribution is 5.94. The highest BCUT2D eigenvalue weighted by atomic mass is 16.1. The molecule has 1 fully saturated rings. The summed E-state index contributed by atoms with van der Waals surface area (Å²) < 4.78 is 2.04. The molecule has 3 aromatic rings. The first-order valence-corrected chi connectivity index (χ1v) is 10.3. The quantitative estimate of drug-likeness (QED) is 0.661. The average Bonchev–Trinajstić information content (AvgIpc) is 3.16. The van der Waals surface area contributed by atoms with Gasteiger partial charge in [-0.1, -0.05) is 18.6 Å². The van der Waals surface area contributed by atoms with Crippen molar-refractivity contribution in [3.8, 4) is 5.69 Å². The molecule has 1 amide bonds. The average molecular weight is 377 g/mol. The molecule has 0 saturated carbocycles. The molecule has 0 radical (unpaired) electrons. The van der Waals surface area contributed by atoms with Crippen molar-refractivity contribution in [3.63, 3.8) is 0 Å². The van der Waals surface area contributed by atoms with Crippen LogP contribution in [-0.2, 0) is 0 Å². The van der Waals surface area contributed by atoms with Crippen molar-refractivity contribution < 1.29 is 4.79 Å². The number of nitrogens with zero attached hydrogens (tertiary/aromatic N) is 3. The van der Waals surface area contributed by atoms with E-state index in [4.69, 9.17) is 0 Å². The first-order chi connectivity index (χ1) is 13.7. The molecule has 1 aromatic heterocycles. The Kier molecular flexibility index (Phi) is 5.72. The van der Waals surface area contributed by atoms with Gasteiger partial charge in [0, 0.05) is 30.4 Å². The van der Waals surface area contributed by atoms with Crippen molar-refractivity contribution in [2.75, 3.05) is 19.6 Å². The topological polar surface area (TPSA) is 50.2 Å². The maximum absolute atomic E-state index is 12.4. The van der Waals surface area contributed by atoms with E-state index in [0.29, 0.717) is 11.6 Å². The molecule has 1 unspecified atom stereocenters. The van der Waals surface area contributed by atoms with Gasteiger partial charge in [0.05, 0.1) is 11.0 Å². The van der Waals surface area contributed by atoms with Crippen molar-refractivity contribution in [1.29, 1.82) is 0 Å². The van der Waals surface area contributed by atoms with E-state index in [-0.39, 0.29) is 5.91 Å². The van der Waals surface area contributed by atoms with E-state index < -0.39 is 0 Å². The van der Waals surface area contributed by atoms with Gasteiger partial charge in [0.25, 0.3) is 5.91 Å². The second kappa shape index (κ2) is 8.57. The Morgan fingerprint density at radius 1 is 1.14 bits per heavy atom. The highest BCUT2D eigenvalue weighted by Gasteiger charge is 2.17. The number of benzene rings is 2. The van der Waals surface area contributed by atoms with Crippen LogP contribution in [0, 0.1) is 0 Å². The zero-order valence-electron chi connectivity index (χ0n) is 16.5. The lowest BCUT2D eigenvalue weighted by Crippen LogP contribution is -2.39. The lowest BCUT2D eigenvalue weighted by Gasteiger charge is -2.33. The van der Waals surface area contributed by atoms with Crippen LogP contribution in [0.2, 0.25) is 0 Å². The summed E-state index contributed by atoms with van der Waals surface area (Å²) in [5, 5.41) is 3.05. The van der Waals surface area contributed by atoms with E-state index in [0.717, 1.165) is 36.2 Å². The molecule has 1 aliphatic heterocycles. The number of amides is 1. The number of likely N-dealkylation sites (tertiary alicyclic amines) is 1. The third kappa shape index (κ3) is 4.09. The normalized spacial score (nSPS) is 17.7. The van der Waals surface area contributed by atoms with Crippen LogP contribution in [0.25, 0.3) is 16.7 Å². The number of aromatic nitrogens is 2. The Labute approximate surface area is 166 Å². The maximum Gasteiger partial charge on any atom is 0.251 e. The fourth-order valence-electron chi connectivity index (χ4n) is 4.01. The Balaban J connectivity index is 1.31. The van der Waals surface area contributed by atoms with E-state index in [9.17, 15) is 4.79 Å². The molecule has 28 heavy (non-hydrogen) atoms. The Bertz CT molecular complexity index is 931. The van der Waals surface area contributed by atoms with E-state index >= 15 is 0 Å². The number of imidazole rings is 1. The molecule has 1 aliphatic rings. The molecule has 2 heterocycles.